The summed E-state index contributed by atoms with van der Waals surface area (Å²) >= 11 is 0. The zero-order chi connectivity index (χ0) is 24.4. The second-order valence-electron chi connectivity index (χ2n) is 8.71. The van der Waals surface area contributed by atoms with Crippen LogP contribution in [-0.2, 0) is 4.79 Å². The zero-order valence-electron chi connectivity index (χ0n) is 20.2. The van der Waals surface area contributed by atoms with Crippen molar-refractivity contribution in [2.45, 2.75) is 0 Å². The molecule has 0 radical (unpaired) electrons. The van der Waals surface area contributed by atoms with Crippen LogP contribution >= 0.6 is 0 Å². The lowest BCUT2D eigenvalue weighted by Gasteiger charge is -2.34. The Labute approximate surface area is 205 Å². The van der Waals surface area contributed by atoms with Gasteiger partial charge in [0.1, 0.15) is 18.0 Å². The summed E-state index contributed by atoms with van der Waals surface area (Å²) in [6.45, 7) is 4.09. The molecule has 180 valence electrons. The van der Waals surface area contributed by atoms with E-state index in [1.54, 1.807) is 25.3 Å². The number of carbonyl (C=O) groups is 1. The van der Waals surface area contributed by atoms with E-state index in [-0.39, 0.29) is 12.5 Å². The standard InChI is InChI=1S/C26H29N7O2/c1-31-11-13-33(14-12-31)19-9-10-20(22(15-19)35-3)29-26-28-16-21-25(30-26)24(18-7-5-4-6-8-18)27-17-23(34)32(21)2/h4-10,15-16H,11-14,17H2,1-3H3,(H,28,29,30). The molecule has 0 aliphatic carbocycles. The zero-order valence-corrected chi connectivity index (χ0v) is 20.2. The van der Waals surface area contributed by atoms with Gasteiger partial charge >= 0.3 is 0 Å². The topological polar surface area (TPSA) is 86.2 Å². The third-order valence-electron chi connectivity index (χ3n) is 6.45. The Kier molecular flexibility index (Phi) is 6.33. The summed E-state index contributed by atoms with van der Waals surface area (Å²) in [5.74, 6) is 1.01. The minimum atomic E-state index is -0.109. The molecule has 2 aliphatic rings. The molecule has 1 amide bonds. The van der Waals surface area contributed by atoms with Gasteiger partial charge in [0.15, 0.2) is 0 Å². The summed E-state index contributed by atoms with van der Waals surface area (Å²) in [5, 5.41) is 3.30. The number of anilines is 4. The second-order valence-corrected chi connectivity index (χ2v) is 8.71. The van der Waals surface area contributed by atoms with Crippen molar-refractivity contribution in [3.8, 4) is 5.75 Å². The molecule has 2 aliphatic heterocycles. The fourth-order valence-corrected chi connectivity index (χ4v) is 4.31. The van der Waals surface area contributed by atoms with E-state index in [0.29, 0.717) is 28.8 Å². The van der Waals surface area contributed by atoms with E-state index in [1.165, 1.54) is 0 Å². The number of piperazine rings is 1. The summed E-state index contributed by atoms with van der Waals surface area (Å²) in [4.78, 5) is 32.6. The molecule has 1 aromatic heterocycles. The van der Waals surface area contributed by atoms with Crippen molar-refractivity contribution < 1.29 is 9.53 Å². The van der Waals surface area contributed by atoms with Gasteiger partial charge in [0.2, 0.25) is 11.9 Å². The number of hydrogen-bond acceptors (Lipinski definition) is 8. The number of nitrogens with zero attached hydrogens (tertiary/aromatic N) is 6. The number of likely N-dealkylation sites (N-methyl/N-ethyl adjacent to an activating group) is 2. The highest BCUT2D eigenvalue weighted by atomic mass is 16.5. The second kappa shape index (κ2) is 9.71. The molecule has 9 heteroatoms. The molecule has 35 heavy (non-hydrogen) atoms. The highest BCUT2D eigenvalue weighted by Crippen LogP contribution is 2.33. The van der Waals surface area contributed by atoms with Crippen LogP contribution in [0.25, 0.3) is 0 Å². The molecule has 0 unspecified atom stereocenters. The third-order valence-corrected chi connectivity index (χ3v) is 6.45. The molecule has 5 rings (SSSR count). The lowest BCUT2D eigenvalue weighted by molar-refractivity contribution is -0.116. The Morgan fingerprint density at radius 1 is 1.00 bits per heavy atom. The van der Waals surface area contributed by atoms with Crippen LogP contribution in [0.4, 0.5) is 23.0 Å². The SMILES string of the molecule is COc1cc(N2CCN(C)CC2)ccc1Nc1ncc2c(n1)C(c1ccccc1)=NCC(=O)N2C. The Morgan fingerprint density at radius 3 is 2.51 bits per heavy atom. The van der Waals surface area contributed by atoms with Crippen molar-refractivity contribution >= 4 is 34.6 Å². The van der Waals surface area contributed by atoms with Crippen LogP contribution < -0.4 is 19.9 Å². The van der Waals surface area contributed by atoms with E-state index < -0.39 is 0 Å². The van der Waals surface area contributed by atoms with Gasteiger partial charge in [-0.15, -0.1) is 0 Å². The van der Waals surface area contributed by atoms with Crippen LogP contribution in [0.2, 0.25) is 0 Å². The lowest BCUT2D eigenvalue weighted by atomic mass is 10.1. The van der Waals surface area contributed by atoms with Crippen molar-refractivity contribution in [3.63, 3.8) is 0 Å². The van der Waals surface area contributed by atoms with E-state index in [4.69, 9.17) is 9.72 Å². The van der Waals surface area contributed by atoms with E-state index >= 15 is 0 Å². The fourth-order valence-electron chi connectivity index (χ4n) is 4.31. The van der Waals surface area contributed by atoms with Crippen molar-refractivity contribution in [1.29, 1.82) is 0 Å². The summed E-state index contributed by atoms with van der Waals surface area (Å²) in [6.07, 6.45) is 1.66. The predicted molar refractivity (Wildman–Crippen MR) is 138 cm³/mol. The van der Waals surface area contributed by atoms with Gasteiger partial charge in [-0.3, -0.25) is 9.79 Å². The number of fused-ring (bicyclic) bond motifs is 1. The summed E-state index contributed by atoms with van der Waals surface area (Å²) in [7, 11) is 5.53. The number of aromatic nitrogens is 2. The number of rotatable bonds is 5. The van der Waals surface area contributed by atoms with E-state index in [9.17, 15) is 4.79 Å². The van der Waals surface area contributed by atoms with Crippen LogP contribution in [0.3, 0.4) is 0 Å². The highest BCUT2D eigenvalue weighted by Gasteiger charge is 2.25. The molecule has 0 spiro atoms. The molecule has 0 atom stereocenters. The molecule has 0 saturated carbocycles. The maximum absolute atomic E-state index is 12.5. The van der Waals surface area contributed by atoms with Crippen molar-refractivity contribution in [1.82, 2.24) is 14.9 Å². The van der Waals surface area contributed by atoms with Crippen molar-refractivity contribution in [2.24, 2.45) is 4.99 Å². The van der Waals surface area contributed by atoms with Gasteiger partial charge in [-0.1, -0.05) is 30.3 Å². The number of ether oxygens (including phenoxy) is 1. The Hall–Kier alpha value is -3.98. The smallest absolute Gasteiger partial charge is 0.248 e. The molecule has 3 aromatic rings. The summed E-state index contributed by atoms with van der Waals surface area (Å²) in [6, 6.07) is 15.9. The van der Waals surface area contributed by atoms with Gasteiger partial charge in [-0.2, -0.15) is 0 Å². The Morgan fingerprint density at radius 2 is 1.77 bits per heavy atom. The summed E-state index contributed by atoms with van der Waals surface area (Å²) in [5.41, 5.74) is 4.69. The molecule has 9 nitrogen and oxygen atoms in total. The average Bonchev–Trinajstić information content (AvgIpc) is 3.01. The van der Waals surface area contributed by atoms with Crippen LogP contribution in [0.1, 0.15) is 11.3 Å². The molecule has 1 N–H and O–H groups in total. The molecular weight excluding hydrogens is 442 g/mol. The molecule has 3 heterocycles. The maximum Gasteiger partial charge on any atom is 0.248 e. The van der Waals surface area contributed by atoms with E-state index in [1.807, 2.05) is 42.5 Å². The lowest BCUT2D eigenvalue weighted by Crippen LogP contribution is -2.44. The van der Waals surface area contributed by atoms with Gasteiger partial charge in [0, 0.05) is 50.5 Å². The van der Waals surface area contributed by atoms with E-state index in [2.05, 4.69) is 38.2 Å². The first-order chi connectivity index (χ1) is 17.0. The maximum atomic E-state index is 12.5. The molecular formula is C26H29N7O2. The van der Waals surface area contributed by atoms with Crippen LogP contribution in [-0.4, -0.2) is 80.4 Å². The number of amides is 1. The first-order valence-electron chi connectivity index (χ1n) is 11.7. The molecule has 2 aromatic carbocycles. The van der Waals surface area contributed by atoms with Crippen LogP contribution in [0.15, 0.2) is 59.7 Å². The van der Waals surface area contributed by atoms with Crippen molar-refractivity contribution in [3.05, 3.63) is 66.0 Å². The van der Waals surface area contributed by atoms with Crippen LogP contribution in [0.5, 0.6) is 5.75 Å². The predicted octanol–water partition coefficient (Wildman–Crippen LogP) is 2.79. The van der Waals surface area contributed by atoms with E-state index in [0.717, 1.165) is 43.1 Å². The molecule has 1 fully saturated rings. The van der Waals surface area contributed by atoms with Gasteiger partial charge in [0.25, 0.3) is 0 Å². The molecule has 1 saturated heterocycles. The van der Waals surface area contributed by atoms with Crippen molar-refractivity contribution in [2.75, 3.05) is 69.0 Å². The minimum Gasteiger partial charge on any atom is -0.494 e. The Balaban J connectivity index is 1.47. The van der Waals surface area contributed by atoms with Gasteiger partial charge in [-0.25, -0.2) is 9.97 Å². The largest absolute Gasteiger partial charge is 0.494 e. The van der Waals surface area contributed by atoms with Gasteiger partial charge < -0.3 is 24.8 Å². The quantitative estimate of drug-likeness (QED) is 0.612. The third kappa shape index (κ3) is 4.67. The molecule has 0 bridgehead atoms. The first-order valence-corrected chi connectivity index (χ1v) is 11.7. The van der Waals surface area contributed by atoms with Gasteiger partial charge in [0.05, 0.1) is 30.4 Å². The highest BCUT2D eigenvalue weighted by molar-refractivity contribution is 6.18. The number of carbonyl (C=O) groups excluding carboxylic acids is 1. The number of nitrogens with one attached hydrogen (secondary N) is 1. The average molecular weight is 472 g/mol. The number of methoxy groups -OCH3 is 1. The monoisotopic (exact) mass is 471 g/mol. The van der Waals surface area contributed by atoms with Crippen LogP contribution in [0, 0.1) is 0 Å². The summed E-state index contributed by atoms with van der Waals surface area (Å²) < 4.78 is 5.69. The van der Waals surface area contributed by atoms with Gasteiger partial charge in [-0.05, 0) is 19.2 Å². The number of benzene rings is 2. The number of aliphatic imine (C=N–C) groups is 1. The minimum absolute atomic E-state index is 0.0570. The number of hydrogen-bond donors (Lipinski definition) is 1. The first kappa shape index (κ1) is 22.8. The normalized spacial score (nSPS) is 16.4. The fraction of sp³-hybridized carbons (Fsp3) is 0.308. The Bertz CT molecular complexity index is 1250.